The zero-order valence-electron chi connectivity index (χ0n) is 15.3. The van der Waals surface area contributed by atoms with Crippen molar-refractivity contribution < 1.29 is 13.2 Å². The molecule has 4 rings (SSSR count). The molecule has 0 saturated carbocycles. The number of pyridine rings is 1. The number of anilines is 1. The van der Waals surface area contributed by atoms with Crippen molar-refractivity contribution in [2.45, 2.75) is 25.7 Å². The largest absolute Gasteiger partial charge is 0.416 e. The van der Waals surface area contributed by atoms with E-state index >= 15 is 0 Å². The maximum Gasteiger partial charge on any atom is 0.416 e. The summed E-state index contributed by atoms with van der Waals surface area (Å²) in [5, 5.41) is 17.4. The molecule has 3 aromatic rings. The molecule has 1 aliphatic rings. The van der Waals surface area contributed by atoms with Crippen LogP contribution in [0.5, 0.6) is 0 Å². The van der Waals surface area contributed by atoms with Gasteiger partial charge in [-0.25, -0.2) is 4.98 Å². The number of nitrogens with zero attached hydrogens (tertiary/aromatic N) is 4. The molecule has 3 N–H and O–H groups in total. The number of fused-ring (bicyclic) bond motifs is 1. The van der Waals surface area contributed by atoms with Crippen molar-refractivity contribution in [1.82, 2.24) is 20.1 Å². The smallest absolute Gasteiger partial charge is 0.383 e. The van der Waals surface area contributed by atoms with Crippen LogP contribution in [0, 0.1) is 11.3 Å². The second kappa shape index (κ2) is 7.22. The van der Waals surface area contributed by atoms with Crippen LogP contribution in [0.25, 0.3) is 22.5 Å². The van der Waals surface area contributed by atoms with Gasteiger partial charge in [-0.1, -0.05) is 12.1 Å². The average Bonchev–Trinajstić information content (AvgIpc) is 2.97. The van der Waals surface area contributed by atoms with Crippen LogP contribution in [0.3, 0.4) is 0 Å². The lowest BCUT2D eigenvalue weighted by Crippen LogP contribution is -2.11. The molecule has 1 aliphatic heterocycles. The van der Waals surface area contributed by atoms with Crippen LogP contribution < -0.4 is 11.1 Å². The highest BCUT2D eigenvalue weighted by atomic mass is 19.4. The maximum absolute atomic E-state index is 13.1. The molecular formula is C20H17F3N6. The number of benzene rings is 1. The fourth-order valence-electron chi connectivity index (χ4n) is 3.38. The predicted molar refractivity (Wildman–Crippen MR) is 101 cm³/mol. The second-order valence-electron chi connectivity index (χ2n) is 6.78. The number of hydrogen-bond acceptors (Lipinski definition) is 5. The summed E-state index contributed by atoms with van der Waals surface area (Å²) in [6.07, 6.45) is -3.54. The van der Waals surface area contributed by atoms with E-state index in [1.165, 1.54) is 12.1 Å². The number of hydrogen-bond donors (Lipinski definition) is 2. The summed E-state index contributed by atoms with van der Waals surface area (Å²) in [5.41, 5.74) is 7.84. The molecule has 0 spiro atoms. The molecule has 0 saturated heterocycles. The number of nitriles is 1. The molecule has 0 bridgehead atoms. The summed E-state index contributed by atoms with van der Waals surface area (Å²) in [7, 11) is 0. The van der Waals surface area contributed by atoms with Gasteiger partial charge >= 0.3 is 6.18 Å². The molecular weight excluding hydrogens is 381 g/mol. The minimum Gasteiger partial charge on any atom is -0.383 e. The minimum absolute atomic E-state index is 0.0428. The van der Waals surface area contributed by atoms with E-state index < -0.39 is 11.7 Å². The van der Waals surface area contributed by atoms with Crippen molar-refractivity contribution in [2.75, 3.05) is 12.3 Å². The minimum atomic E-state index is -4.47. The van der Waals surface area contributed by atoms with Crippen molar-refractivity contribution in [3.8, 4) is 28.6 Å². The fraction of sp³-hybridized carbons (Fsp3) is 0.250. The van der Waals surface area contributed by atoms with Crippen molar-refractivity contribution >= 4 is 5.82 Å². The quantitative estimate of drug-likeness (QED) is 0.688. The van der Waals surface area contributed by atoms with Crippen molar-refractivity contribution in [3.05, 3.63) is 53.2 Å². The average molecular weight is 398 g/mol. The maximum atomic E-state index is 13.1. The van der Waals surface area contributed by atoms with Gasteiger partial charge in [0.05, 0.1) is 22.6 Å². The van der Waals surface area contributed by atoms with Gasteiger partial charge in [0.1, 0.15) is 17.5 Å². The lowest BCUT2D eigenvalue weighted by molar-refractivity contribution is -0.137. The number of aryl methyl sites for hydroxylation is 1. The molecule has 0 fully saturated rings. The van der Waals surface area contributed by atoms with Crippen LogP contribution in [-0.2, 0) is 19.3 Å². The molecule has 1 aromatic carbocycles. The van der Waals surface area contributed by atoms with Crippen LogP contribution in [-0.4, -0.2) is 21.3 Å². The third-order valence-electron chi connectivity index (χ3n) is 4.81. The molecule has 0 radical (unpaired) electrons. The van der Waals surface area contributed by atoms with E-state index in [2.05, 4.69) is 15.4 Å². The topological polar surface area (TPSA) is 92.5 Å². The van der Waals surface area contributed by atoms with E-state index in [0.29, 0.717) is 17.8 Å². The monoisotopic (exact) mass is 398 g/mol. The number of aromatic nitrogens is 3. The molecule has 3 heterocycles. The van der Waals surface area contributed by atoms with E-state index in [1.54, 1.807) is 6.07 Å². The van der Waals surface area contributed by atoms with E-state index in [4.69, 9.17) is 5.73 Å². The Kier molecular flexibility index (Phi) is 4.72. The third-order valence-corrected chi connectivity index (χ3v) is 4.81. The van der Waals surface area contributed by atoms with Crippen LogP contribution in [0.2, 0.25) is 0 Å². The number of nitrogen functional groups attached to an aromatic ring is 1. The summed E-state index contributed by atoms with van der Waals surface area (Å²) < 4.78 is 41.1. The Morgan fingerprint density at radius 2 is 2.00 bits per heavy atom. The Hall–Kier alpha value is -3.38. The molecule has 29 heavy (non-hydrogen) atoms. The van der Waals surface area contributed by atoms with Crippen molar-refractivity contribution in [2.24, 2.45) is 0 Å². The second-order valence-corrected chi connectivity index (χ2v) is 6.78. The van der Waals surface area contributed by atoms with E-state index in [-0.39, 0.29) is 22.6 Å². The van der Waals surface area contributed by atoms with Gasteiger partial charge in [-0.3, -0.25) is 4.68 Å². The number of rotatable bonds is 2. The molecule has 0 amide bonds. The van der Waals surface area contributed by atoms with Crippen molar-refractivity contribution in [3.63, 3.8) is 0 Å². The first-order valence-corrected chi connectivity index (χ1v) is 9.03. The van der Waals surface area contributed by atoms with Crippen molar-refractivity contribution in [1.29, 1.82) is 5.26 Å². The Morgan fingerprint density at radius 1 is 1.17 bits per heavy atom. The zero-order valence-corrected chi connectivity index (χ0v) is 15.3. The number of nitrogens with one attached hydrogen (secondary N) is 1. The van der Waals surface area contributed by atoms with Gasteiger partial charge in [0.2, 0.25) is 0 Å². The molecule has 0 unspecified atom stereocenters. The van der Waals surface area contributed by atoms with E-state index in [0.717, 1.165) is 37.3 Å². The van der Waals surface area contributed by atoms with Crippen LogP contribution in [0.1, 0.15) is 23.2 Å². The normalized spacial score (nSPS) is 14.1. The van der Waals surface area contributed by atoms with Gasteiger partial charge in [0.25, 0.3) is 0 Å². The standard InChI is InChI=1S/C20H17F3N6/c21-20(22,23)13-4-1-3-12(7-13)17-9-15(16(10-24)19(25)27-17)18-8-14-11-26-5-2-6-29(14)28-18/h1,3-4,7-9,26H,2,5-6,11H2,(H2,25,27). The molecule has 9 heteroatoms. The number of halogens is 3. The van der Waals surface area contributed by atoms with E-state index in [9.17, 15) is 18.4 Å². The zero-order chi connectivity index (χ0) is 20.6. The number of alkyl halides is 3. The summed E-state index contributed by atoms with van der Waals surface area (Å²) in [6.45, 7) is 2.28. The SMILES string of the molecule is N#Cc1c(-c2cc3n(n2)CCCNC3)cc(-c2cccc(C(F)(F)F)c2)nc1N. The first kappa shape index (κ1) is 19.0. The Balaban J connectivity index is 1.84. The fourth-order valence-corrected chi connectivity index (χ4v) is 3.38. The molecule has 148 valence electrons. The molecule has 0 atom stereocenters. The van der Waals surface area contributed by atoms with E-state index in [1.807, 2.05) is 16.8 Å². The van der Waals surface area contributed by atoms with Crippen LogP contribution in [0.15, 0.2) is 36.4 Å². The first-order valence-electron chi connectivity index (χ1n) is 9.03. The number of nitrogens with two attached hydrogens (primary N) is 1. The highest BCUT2D eigenvalue weighted by Gasteiger charge is 2.30. The highest BCUT2D eigenvalue weighted by Crippen LogP contribution is 2.34. The Morgan fingerprint density at radius 3 is 2.76 bits per heavy atom. The van der Waals surface area contributed by atoms with Gasteiger partial charge in [-0.15, -0.1) is 0 Å². The Labute approximate surface area is 164 Å². The van der Waals surface area contributed by atoms with Gasteiger partial charge < -0.3 is 11.1 Å². The summed E-state index contributed by atoms with van der Waals surface area (Å²) in [6, 6.07) is 10.3. The van der Waals surface area contributed by atoms with Gasteiger partial charge in [0, 0.05) is 24.2 Å². The molecule has 6 nitrogen and oxygen atoms in total. The third kappa shape index (κ3) is 3.67. The summed E-state index contributed by atoms with van der Waals surface area (Å²) in [4.78, 5) is 4.16. The predicted octanol–water partition coefficient (Wildman–Crippen LogP) is 3.58. The van der Waals surface area contributed by atoms with Gasteiger partial charge in [0.15, 0.2) is 0 Å². The summed E-state index contributed by atoms with van der Waals surface area (Å²) >= 11 is 0. The Bertz CT molecular complexity index is 1090. The lowest BCUT2D eigenvalue weighted by atomic mass is 10.0. The van der Waals surface area contributed by atoms with Gasteiger partial charge in [-0.2, -0.15) is 23.5 Å². The molecule has 0 aliphatic carbocycles. The summed E-state index contributed by atoms with van der Waals surface area (Å²) in [5.74, 6) is -0.0428. The van der Waals surface area contributed by atoms with Crippen LogP contribution >= 0.6 is 0 Å². The molecule has 2 aromatic heterocycles. The highest BCUT2D eigenvalue weighted by molar-refractivity contribution is 5.78. The van der Waals surface area contributed by atoms with Crippen LogP contribution in [0.4, 0.5) is 19.0 Å². The lowest BCUT2D eigenvalue weighted by Gasteiger charge is -2.11. The van der Waals surface area contributed by atoms with Gasteiger partial charge in [-0.05, 0) is 37.2 Å². The first-order chi connectivity index (χ1) is 13.9.